The van der Waals surface area contributed by atoms with Gasteiger partial charge >= 0.3 is 24.6 Å². The van der Waals surface area contributed by atoms with Gasteiger partial charge in [-0.15, -0.1) is 0 Å². The lowest BCUT2D eigenvalue weighted by molar-refractivity contribution is -0.143. The van der Waals surface area contributed by atoms with Gasteiger partial charge in [-0.1, -0.05) is 6.07 Å². The van der Waals surface area contributed by atoms with Gasteiger partial charge in [0.25, 0.3) is 0 Å². The van der Waals surface area contributed by atoms with Crippen LogP contribution in [0.2, 0.25) is 0 Å². The molecule has 0 aliphatic carbocycles. The molecule has 1 amide bonds. The fraction of sp³-hybridized carbons (Fsp3) is 0.350. The summed E-state index contributed by atoms with van der Waals surface area (Å²) in [6.45, 7) is 0.695. The molecule has 2 aromatic rings. The van der Waals surface area contributed by atoms with Gasteiger partial charge in [0.05, 0.1) is 23.2 Å². The molecule has 0 spiro atoms. The van der Waals surface area contributed by atoms with E-state index in [1.165, 1.54) is 13.0 Å². The molecule has 3 rings (SSSR count). The number of halogens is 9. The summed E-state index contributed by atoms with van der Waals surface area (Å²) in [6.07, 6.45) is -17.3. The zero-order valence-corrected chi connectivity index (χ0v) is 16.1. The van der Waals surface area contributed by atoms with Crippen molar-refractivity contribution in [3.8, 4) is 0 Å². The number of amides is 1. The molecule has 3 nitrogen and oxygen atoms in total. The molecule has 0 N–H and O–H groups in total. The van der Waals surface area contributed by atoms with Crippen molar-refractivity contribution < 1.29 is 49.0 Å². The zero-order chi connectivity index (χ0) is 24.1. The number of cyclic esters (lactones) is 1. The van der Waals surface area contributed by atoms with Gasteiger partial charge in [-0.2, -0.15) is 39.5 Å². The molecule has 12 heteroatoms. The van der Waals surface area contributed by atoms with E-state index in [0.717, 1.165) is 17.0 Å². The van der Waals surface area contributed by atoms with Crippen molar-refractivity contribution in [1.82, 2.24) is 4.90 Å². The van der Waals surface area contributed by atoms with Gasteiger partial charge in [0.1, 0.15) is 6.10 Å². The number of hydrogen-bond donors (Lipinski definition) is 0. The molecule has 0 saturated carbocycles. The Morgan fingerprint density at radius 3 is 1.88 bits per heavy atom. The Balaban J connectivity index is 1.89. The maximum absolute atomic E-state index is 13.1. The molecule has 1 unspecified atom stereocenters. The summed E-state index contributed by atoms with van der Waals surface area (Å²) in [4.78, 5) is 13.1. The summed E-state index contributed by atoms with van der Waals surface area (Å²) in [5.74, 6) is 0. The second kappa shape index (κ2) is 7.89. The van der Waals surface area contributed by atoms with E-state index in [9.17, 15) is 44.3 Å². The van der Waals surface area contributed by atoms with E-state index in [-0.39, 0.29) is 18.2 Å². The third-order valence-electron chi connectivity index (χ3n) is 4.91. The molecule has 1 saturated heterocycles. The Hall–Kier alpha value is -2.92. The summed E-state index contributed by atoms with van der Waals surface area (Å²) >= 11 is 0. The van der Waals surface area contributed by atoms with Crippen LogP contribution in [0.3, 0.4) is 0 Å². The summed E-state index contributed by atoms with van der Waals surface area (Å²) in [7, 11) is 0. The van der Waals surface area contributed by atoms with Crippen molar-refractivity contribution in [2.24, 2.45) is 0 Å². The Labute approximate surface area is 175 Å². The number of rotatable bonds is 3. The predicted octanol–water partition coefficient (Wildman–Crippen LogP) is 6.74. The van der Waals surface area contributed by atoms with E-state index >= 15 is 0 Å². The first-order valence-electron chi connectivity index (χ1n) is 8.97. The summed E-state index contributed by atoms with van der Waals surface area (Å²) in [5, 5.41) is 0. The van der Waals surface area contributed by atoms with Crippen molar-refractivity contribution in [2.75, 3.05) is 6.54 Å². The molecule has 174 valence electrons. The fourth-order valence-corrected chi connectivity index (χ4v) is 3.20. The van der Waals surface area contributed by atoms with Gasteiger partial charge < -0.3 is 4.74 Å². The number of aryl methyl sites for hydroxylation is 1. The van der Waals surface area contributed by atoms with Crippen LogP contribution in [0.5, 0.6) is 0 Å². The van der Waals surface area contributed by atoms with E-state index in [4.69, 9.17) is 4.74 Å². The highest BCUT2D eigenvalue weighted by Gasteiger charge is 2.40. The SMILES string of the molecule is Cc1ccc(C(F)(F)F)cc1CN1CC(c2cc(C(F)(F)F)cc(C(F)(F)F)c2)OC1=O. The summed E-state index contributed by atoms with van der Waals surface area (Å²) in [6, 6.07) is 3.72. The maximum Gasteiger partial charge on any atom is 0.416 e. The third-order valence-corrected chi connectivity index (χ3v) is 4.91. The van der Waals surface area contributed by atoms with Crippen LogP contribution < -0.4 is 0 Å². The summed E-state index contributed by atoms with van der Waals surface area (Å²) < 4.78 is 122. The zero-order valence-electron chi connectivity index (χ0n) is 16.1. The second-order valence-electron chi connectivity index (χ2n) is 7.23. The van der Waals surface area contributed by atoms with Crippen LogP contribution in [-0.4, -0.2) is 17.5 Å². The molecule has 0 bridgehead atoms. The Kier molecular flexibility index (Phi) is 5.85. The number of carbonyl (C=O) groups is 1. The highest BCUT2D eigenvalue weighted by Crippen LogP contribution is 2.39. The predicted molar refractivity (Wildman–Crippen MR) is 92.3 cm³/mol. The third kappa shape index (κ3) is 5.10. The van der Waals surface area contributed by atoms with Crippen LogP contribution in [0.25, 0.3) is 0 Å². The minimum Gasteiger partial charge on any atom is -0.439 e. The quantitative estimate of drug-likeness (QED) is 0.464. The maximum atomic E-state index is 13.1. The van der Waals surface area contributed by atoms with Gasteiger partial charge in [0, 0.05) is 6.54 Å². The fourth-order valence-electron chi connectivity index (χ4n) is 3.20. The van der Waals surface area contributed by atoms with Crippen LogP contribution in [0.15, 0.2) is 36.4 Å². The lowest BCUT2D eigenvalue weighted by Gasteiger charge is -2.18. The Morgan fingerprint density at radius 1 is 0.844 bits per heavy atom. The van der Waals surface area contributed by atoms with Crippen LogP contribution in [0, 0.1) is 6.92 Å². The molecular weight excluding hydrogens is 457 g/mol. The standard InChI is InChI=1S/C20H14F9NO2/c1-10-2-3-13(18(21,22)23)6-12(10)8-30-9-16(32-17(30)31)11-4-14(19(24,25)26)7-15(5-11)20(27,28)29/h2-7,16H,8-9H2,1H3. The first-order chi connectivity index (χ1) is 14.6. The van der Waals surface area contributed by atoms with Gasteiger partial charge in [-0.3, -0.25) is 4.90 Å². The molecule has 32 heavy (non-hydrogen) atoms. The molecule has 1 fully saturated rings. The van der Waals surface area contributed by atoms with Crippen molar-refractivity contribution in [3.63, 3.8) is 0 Å². The highest BCUT2D eigenvalue weighted by atomic mass is 19.4. The highest BCUT2D eigenvalue weighted by molar-refractivity contribution is 5.70. The van der Waals surface area contributed by atoms with Gasteiger partial charge in [0.2, 0.25) is 0 Å². The largest absolute Gasteiger partial charge is 0.439 e. The summed E-state index contributed by atoms with van der Waals surface area (Å²) in [5.41, 5.74) is -4.10. The second-order valence-corrected chi connectivity index (χ2v) is 7.23. The molecular formula is C20H14F9NO2. The molecule has 1 aliphatic rings. The lowest BCUT2D eigenvalue weighted by atomic mass is 10.0. The van der Waals surface area contributed by atoms with Crippen LogP contribution >= 0.6 is 0 Å². The molecule has 1 aliphatic heterocycles. The normalized spacial score (nSPS) is 17.6. The van der Waals surface area contributed by atoms with Crippen molar-refractivity contribution >= 4 is 6.09 Å². The van der Waals surface area contributed by atoms with Crippen molar-refractivity contribution in [1.29, 1.82) is 0 Å². The molecule has 1 atom stereocenters. The van der Waals surface area contributed by atoms with Crippen molar-refractivity contribution in [2.45, 2.75) is 38.1 Å². The number of carbonyl (C=O) groups excluding carboxylic acids is 1. The minimum absolute atomic E-state index is 0.0516. The number of benzene rings is 2. The lowest BCUT2D eigenvalue weighted by Crippen LogP contribution is -2.24. The number of hydrogen-bond acceptors (Lipinski definition) is 2. The Bertz CT molecular complexity index is 993. The molecule has 2 aromatic carbocycles. The van der Waals surface area contributed by atoms with E-state index in [0.29, 0.717) is 17.7 Å². The average molecular weight is 471 g/mol. The van der Waals surface area contributed by atoms with Crippen LogP contribution in [0.4, 0.5) is 44.3 Å². The monoisotopic (exact) mass is 471 g/mol. The molecule has 0 radical (unpaired) electrons. The number of alkyl halides is 9. The number of ether oxygens (including phenoxy) is 1. The first kappa shape index (κ1) is 23.7. The first-order valence-corrected chi connectivity index (χ1v) is 8.97. The molecule has 0 aromatic heterocycles. The van der Waals surface area contributed by atoms with Crippen LogP contribution in [-0.2, 0) is 29.8 Å². The van der Waals surface area contributed by atoms with Crippen LogP contribution in [0.1, 0.15) is 39.5 Å². The van der Waals surface area contributed by atoms with E-state index in [1.807, 2.05) is 0 Å². The minimum atomic E-state index is -5.08. The van der Waals surface area contributed by atoms with Crippen molar-refractivity contribution in [3.05, 3.63) is 69.8 Å². The number of nitrogens with zero attached hydrogens (tertiary/aromatic N) is 1. The Morgan fingerprint density at radius 2 is 1.38 bits per heavy atom. The van der Waals surface area contributed by atoms with E-state index < -0.39 is 59.5 Å². The van der Waals surface area contributed by atoms with Gasteiger partial charge in [0.15, 0.2) is 0 Å². The molecule has 1 heterocycles. The van der Waals surface area contributed by atoms with E-state index in [1.54, 1.807) is 0 Å². The van der Waals surface area contributed by atoms with Gasteiger partial charge in [-0.05, 0) is 53.9 Å². The smallest absolute Gasteiger partial charge is 0.416 e. The topological polar surface area (TPSA) is 29.5 Å². The average Bonchev–Trinajstić information content (AvgIpc) is 3.01. The van der Waals surface area contributed by atoms with E-state index in [2.05, 4.69) is 0 Å². The van der Waals surface area contributed by atoms with Gasteiger partial charge in [-0.25, -0.2) is 4.79 Å².